The monoisotopic (exact) mass is 382 g/mol. The zero-order chi connectivity index (χ0) is 19.4. The number of anilines is 1. The van der Waals surface area contributed by atoms with E-state index in [9.17, 15) is 9.59 Å². The summed E-state index contributed by atoms with van der Waals surface area (Å²) >= 11 is 1.45. The lowest BCUT2D eigenvalue weighted by molar-refractivity contribution is 0.103. The number of carbonyl (C=O) groups excluding carboxylic acids is 1. The Bertz CT molecular complexity index is 1020. The molecule has 1 amide bonds. The number of thiazole rings is 1. The summed E-state index contributed by atoms with van der Waals surface area (Å²) in [5.74, 6) is 0.308. The number of nitrogens with zero attached hydrogens (tertiary/aromatic N) is 2. The van der Waals surface area contributed by atoms with E-state index < -0.39 is 0 Å². The van der Waals surface area contributed by atoms with Gasteiger partial charge in [-0.3, -0.25) is 9.59 Å². The van der Waals surface area contributed by atoms with Crippen LogP contribution in [-0.2, 0) is 6.42 Å². The maximum absolute atomic E-state index is 12.7. The molecule has 6 nitrogen and oxygen atoms in total. The van der Waals surface area contributed by atoms with Crippen molar-refractivity contribution in [2.45, 2.75) is 40.0 Å². The third kappa shape index (κ3) is 4.68. The molecule has 0 spiro atoms. The van der Waals surface area contributed by atoms with Gasteiger partial charge in [0, 0.05) is 23.0 Å². The van der Waals surface area contributed by atoms with Gasteiger partial charge in [0.25, 0.3) is 11.5 Å². The second-order valence-corrected chi connectivity index (χ2v) is 7.48. The fourth-order valence-electron chi connectivity index (χ4n) is 2.75. The standard InChI is InChI=1S/C20H22N4O2S/c1-4-5-9-17-22-13(3)18(27-17)20(26)23-15-8-6-7-14(11-15)19-21-12(2)10-16(25)24-19/h6-8,10-11H,4-5,9H2,1-3H3,(H,23,26)(H,21,24,25). The van der Waals surface area contributed by atoms with Crippen LogP contribution in [0.4, 0.5) is 5.69 Å². The van der Waals surface area contributed by atoms with E-state index in [1.165, 1.54) is 17.4 Å². The molecule has 3 rings (SSSR count). The van der Waals surface area contributed by atoms with Gasteiger partial charge in [0.2, 0.25) is 0 Å². The van der Waals surface area contributed by atoms with Crippen molar-refractivity contribution in [3.63, 3.8) is 0 Å². The van der Waals surface area contributed by atoms with E-state index in [1.54, 1.807) is 13.0 Å². The molecule has 0 unspecified atom stereocenters. The molecule has 1 aromatic carbocycles. The number of aromatic nitrogens is 3. The minimum absolute atomic E-state index is 0.171. The summed E-state index contributed by atoms with van der Waals surface area (Å²) in [4.78, 5) is 36.6. The lowest BCUT2D eigenvalue weighted by Gasteiger charge is -2.07. The first kappa shape index (κ1) is 19.0. The molecule has 0 aliphatic carbocycles. The average molecular weight is 382 g/mol. The van der Waals surface area contributed by atoms with Crippen molar-refractivity contribution in [3.05, 3.63) is 62.0 Å². The quantitative estimate of drug-likeness (QED) is 0.672. The molecule has 0 saturated carbocycles. The lowest BCUT2D eigenvalue weighted by Crippen LogP contribution is -2.12. The van der Waals surface area contributed by atoms with Crippen LogP contribution in [0.15, 0.2) is 35.1 Å². The van der Waals surface area contributed by atoms with Crippen LogP contribution < -0.4 is 10.9 Å². The van der Waals surface area contributed by atoms with Crippen molar-refractivity contribution >= 4 is 22.9 Å². The average Bonchev–Trinajstić information content (AvgIpc) is 3.00. The van der Waals surface area contributed by atoms with Gasteiger partial charge in [0.15, 0.2) is 0 Å². The van der Waals surface area contributed by atoms with Crippen LogP contribution in [0.5, 0.6) is 0 Å². The van der Waals surface area contributed by atoms with Gasteiger partial charge < -0.3 is 10.3 Å². The third-order valence-electron chi connectivity index (χ3n) is 4.05. The van der Waals surface area contributed by atoms with Crippen LogP contribution >= 0.6 is 11.3 Å². The summed E-state index contributed by atoms with van der Waals surface area (Å²) < 4.78 is 0. The molecule has 0 saturated heterocycles. The third-order valence-corrected chi connectivity index (χ3v) is 5.27. The van der Waals surface area contributed by atoms with Gasteiger partial charge in [-0.25, -0.2) is 9.97 Å². The summed E-state index contributed by atoms with van der Waals surface area (Å²) in [5, 5.41) is 3.91. The smallest absolute Gasteiger partial charge is 0.267 e. The molecule has 3 aromatic rings. The second-order valence-electron chi connectivity index (χ2n) is 6.40. The molecule has 2 aromatic heterocycles. The van der Waals surface area contributed by atoms with E-state index in [2.05, 4.69) is 27.2 Å². The number of H-pyrrole nitrogens is 1. The Kier molecular flexibility index (Phi) is 5.81. The largest absolute Gasteiger partial charge is 0.321 e. The van der Waals surface area contributed by atoms with Gasteiger partial charge in [0.05, 0.1) is 10.7 Å². The van der Waals surface area contributed by atoms with E-state index in [-0.39, 0.29) is 11.5 Å². The fourth-order valence-corrected chi connectivity index (χ4v) is 3.75. The highest BCUT2D eigenvalue weighted by Gasteiger charge is 2.15. The second kappa shape index (κ2) is 8.26. The molecular weight excluding hydrogens is 360 g/mol. The van der Waals surface area contributed by atoms with Gasteiger partial charge in [0.1, 0.15) is 10.7 Å². The van der Waals surface area contributed by atoms with Crippen LogP contribution in [0.1, 0.15) is 45.8 Å². The maximum Gasteiger partial charge on any atom is 0.267 e. The molecule has 0 fully saturated rings. The SMILES string of the molecule is CCCCc1nc(C)c(C(=O)Nc2cccc(-c3nc(C)cc(=O)[nH]3)c2)s1. The van der Waals surface area contributed by atoms with Crippen LogP contribution in [0, 0.1) is 13.8 Å². The van der Waals surface area contributed by atoms with E-state index >= 15 is 0 Å². The molecule has 2 heterocycles. The van der Waals surface area contributed by atoms with Crippen LogP contribution in [0.3, 0.4) is 0 Å². The minimum Gasteiger partial charge on any atom is -0.321 e. The Hall–Kier alpha value is -2.80. The zero-order valence-electron chi connectivity index (χ0n) is 15.6. The predicted molar refractivity (Wildman–Crippen MR) is 108 cm³/mol. The number of unbranched alkanes of at least 4 members (excludes halogenated alkanes) is 1. The Labute approximate surface area is 161 Å². The van der Waals surface area contributed by atoms with Gasteiger partial charge in [-0.15, -0.1) is 11.3 Å². The Balaban J connectivity index is 1.81. The summed E-state index contributed by atoms with van der Waals surface area (Å²) in [7, 11) is 0. The summed E-state index contributed by atoms with van der Waals surface area (Å²) in [6.45, 7) is 5.77. The van der Waals surface area contributed by atoms with Crippen molar-refractivity contribution in [1.29, 1.82) is 0 Å². The highest BCUT2D eigenvalue weighted by atomic mass is 32.1. The number of carbonyl (C=O) groups is 1. The number of benzene rings is 1. The zero-order valence-corrected chi connectivity index (χ0v) is 16.4. The van der Waals surface area contributed by atoms with Crippen LogP contribution in [0.2, 0.25) is 0 Å². The summed E-state index contributed by atoms with van der Waals surface area (Å²) in [6.07, 6.45) is 3.07. The number of rotatable bonds is 6. The number of nitrogens with one attached hydrogen (secondary N) is 2. The fraction of sp³-hybridized carbons (Fsp3) is 0.300. The highest BCUT2D eigenvalue weighted by Crippen LogP contribution is 2.23. The molecular formula is C20H22N4O2S. The molecule has 140 valence electrons. The molecule has 0 atom stereocenters. The first-order chi connectivity index (χ1) is 13.0. The van der Waals surface area contributed by atoms with Gasteiger partial charge >= 0.3 is 0 Å². The Morgan fingerprint density at radius 2 is 2.04 bits per heavy atom. The van der Waals surface area contributed by atoms with Crippen LogP contribution in [0.25, 0.3) is 11.4 Å². The Morgan fingerprint density at radius 3 is 2.78 bits per heavy atom. The van der Waals surface area contributed by atoms with Crippen molar-refractivity contribution in [3.8, 4) is 11.4 Å². The van der Waals surface area contributed by atoms with Crippen molar-refractivity contribution < 1.29 is 4.79 Å². The van der Waals surface area contributed by atoms with E-state index in [1.807, 2.05) is 25.1 Å². The number of amides is 1. The van der Waals surface area contributed by atoms with Crippen LogP contribution in [-0.4, -0.2) is 20.9 Å². The van der Waals surface area contributed by atoms with Gasteiger partial charge in [-0.2, -0.15) is 0 Å². The highest BCUT2D eigenvalue weighted by molar-refractivity contribution is 7.13. The summed E-state index contributed by atoms with van der Waals surface area (Å²) in [6, 6.07) is 8.71. The topological polar surface area (TPSA) is 87.7 Å². The van der Waals surface area contributed by atoms with Gasteiger partial charge in [-0.1, -0.05) is 25.5 Å². The van der Waals surface area contributed by atoms with Crippen molar-refractivity contribution in [2.24, 2.45) is 0 Å². The normalized spacial score (nSPS) is 10.8. The number of aryl methyl sites for hydroxylation is 3. The number of hydrogen-bond donors (Lipinski definition) is 2. The molecule has 7 heteroatoms. The molecule has 0 aliphatic heterocycles. The molecule has 0 radical (unpaired) electrons. The Morgan fingerprint density at radius 1 is 1.22 bits per heavy atom. The number of aromatic amines is 1. The first-order valence-electron chi connectivity index (χ1n) is 8.92. The lowest BCUT2D eigenvalue weighted by atomic mass is 10.2. The summed E-state index contributed by atoms with van der Waals surface area (Å²) in [5.41, 5.74) is 2.57. The van der Waals surface area contributed by atoms with Gasteiger partial charge in [-0.05, 0) is 38.8 Å². The molecule has 0 bridgehead atoms. The number of hydrogen-bond acceptors (Lipinski definition) is 5. The molecule has 27 heavy (non-hydrogen) atoms. The van der Waals surface area contributed by atoms with Crippen molar-refractivity contribution in [1.82, 2.24) is 15.0 Å². The molecule has 2 N–H and O–H groups in total. The minimum atomic E-state index is -0.202. The van der Waals surface area contributed by atoms with E-state index in [0.29, 0.717) is 22.1 Å². The molecule has 0 aliphatic rings. The predicted octanol–water partition coefficient (Wildman–Crippen LogP) is 4.11. The van der Waals surface area contributed by atoms with Crippen molar-refractivity contribution in [2.75, 3.05) is 5.32 Å². The first-order valence-corrected chi connectivity index (χ1v) is 9.74. The van der Waals surface area contributed by atoms with E-state index in [4.69, 9.17) is 0 Å². The van der Waals surface area contributed by atoms with E-state index in [0.717, 1.165) is 35.5 Å². The maximum atomic E-state index is 12.7.